The lowest BCUT2D eigenvalue weighted by atomic mass is 10.2. The topological polar surface area (TPSA) is 66.4 Å². The van der Waals surface area contributed by atoms with Crippen molar-refractivity contribution in [2.24, 2.45) is 0 Å². The molecule has 2 N–H and O–H groups in total. The van der Waals surface area contributed by atoms with Crippen LogP contribution in [0.1, 0.15) is 0 Å². The van der Waals surface area contributed by atoms with E-state index in [-0.39, 0.29) is 5.70 Å². The SMILES string of the molecule is O=C(O)C(=O)C1=CC=CC=CN1. The van der Waals surface area contributed by atoms with Gasteiger partial charge in [0.15, 0.2) is 0 Å². The van der Waals surface area contributed by atoms with Crippen molar-refractivity contribution in [3.8, 4) is 0 Å². The number of hydrogen-bond acceptors (Lipinski definition) is 3. The second-order valence-corrected chi connectivity index (χ2v) is 2.10. The molecule has 4 nitrogen and oxygen atoms in total. The van der Waals surface area contributed by atoms with E-state index in [0.717, 1.165) is 0 Å². The molecule has 0 spiro atoms. The predicted molar refractivity (Wildman–Crippen MR) is 42.1 cm³/mol. The summed E-state index contributed by atoms with van der Waals surface area (Å²) in [6.07, 6.45) is 7.85. The first kappa shape index (κ1) is 8.26. The number of carboxylic acids is 1. The number of rotatable bonds is 2. The Balaban J connectivity index is 2.82. The van der Waals surface area contributed by atoms with E-state index in [1.165, 1.54) is 12.3 Å². The van der Waals surface area contributed by atoms with Crippen LogP contribution in [0.15, 0.2) is 36.2 Å². The first-order valence-corrected chi connectivity index (χ1v) is 3.29. The molecule has 0 aromatic carbocycles. The van der Waals surface area contributed by atoms with Crippen molar-refractivity contribution in [1.29, 1.82) is 0 Å². The Kier molecular flexibility index (Phi) is 2.42. The van der Waals surface area contributed by atoms with Crippen molar-refractivity contribution in [3.05, 3.63) is 36.2 Å². The minimum atomic E-state index is -1.46. The van der Waals surface area contributed by atoms with Crippen LogP contribution in [0.5, 0.6) is 0 Å². The number of ketones is 1. The summed E-state index contributed by atoms with van der Waals surface area (Å²) in [6, 6.07) is 0. The van der Waals surface area contributed by atoms with Crippen LogP contribution in [0.4, 0.5) is 0 Å². The maximum Gasteiger partial charge on any atom is 0.378 e. The zero-order valence-electron chi connectivity index (χ0n) is 6.15. The highest BCUT2D eigenvalue weighted by molar-refractivity contribution is 6.39. The van der Waals surface area contributed by atoms with E-state index in [2.05, 4.69) is 5.32 Å². The number of aliphatic carboxylic acids is 1. The maximum atomic E-state index is 10.9. The van der Waals surface area contributed by atoms with Gasteiger partial charge in [-0.15, -0.1) is 0 Å². The van der Waals surface area contributed by atoms with Gasteiger partial charge in [0.2, 0.25) is 0 Å². The van der Waals surface area contributed by atoms with Crippen LogP contribution in [0, 0.1) is 0 Å². The van der Waals surface area contributed by atoms with Crippen molar-refractivity contribution in [2.45, 2.75) is 0 Å². The molecule has 0 bridgehead atoms. The normalized spacial score (nSPS) is 14.5. The van der Waals surface area contributed by atoms with Gasteiger partial charge in [-0.3, -0.25) is 4.79 Å². The summed E-state index contributed by atoms with van der Waals surface area (Å²) in [5.74, 6) is -2.40. The Morgan fingerprint density at radius 2 is 2.00 bits per heavy atom. The fourth-order valence-electron chi connectivity index (χ4n) is 0.714. The van der Waals surface area contributed by atoms with Gasteiger partial charge >= 0.3 is 5.97 Å². The van der Waals surface area contributed by atoms with Crippen LogP contribution in [-0.4, -0.2) is 16.9 Å². The van der Waals surface area contributed by atoms with Crippen LogP contribution < -0.4 is 5.32 Å². The molecular formula is C8H7NO3. The molecule has 1 rings (SSSR count). The van der Waals surface area contributed by atoms with Crippen molar-refractivity contribution in [1.82, 2.24) is 5.32 Å². The molecule has 1 aliphatic heterocycles. The van der Waals surface area contributed by atoms with Crippen molar-refractivity contribution >= 4 is 11.8 Å². The largest absolute Gasteiger partial charge is 0.475 e. The van der Waals surface area contributed by atoms with Crippen molar-refractivity contribution in [3.63, 3.8) is 0 Å². The zero-order valence-corrected chi connectivity index (χ0v) is 6.15. The third kappa shape index (κ3) is 1.82. The van der Waals surface area contributed by atoms with Gasteiger partial charge < -0.3 is 10.4 Å². The lowest BCUT2D eigenvalue weighted by molar-refractivity contribution is -0.147. The van der Waals surface area contributed by atoms with E-state index in [0.29, 0.717) is 0 Å². The molecule has 1 aliphatic rings. The van der Waals surface area contributed by atoms with Crippen molar-refractivity contribution < 1.29 is 14.7 Å². The number of carboxylic acid groups (broad SMARTS) is 1. The van der Waals surface area contributed by atoms with E-state index in [1.54, 1.807) is 18.2 Å². The standard InChI is InChI=1S/C8H7NO3/c10-7(8(11)12)6-4-2-1-3-5-9-6/h1-5,9H,(H,11,12). The summed E-state index contributed by atoms with van der Waals surface area (Å²) >= 11 is 0. The van der Waals surface area contributed by atoms with Crippen molar-refractivity contribution in [2.75, 3.05) is 0 Å². The van der Waals surface area contributed by atoms with Gasteiger partial charge in [-0.05, 0) is 12.2 Å². The minimum Gasteiger partial charge on any atom is -0.475 e. The average Bonchev–Trinajstić information content (AvgIpc) is 2.30. The Morgan fingerprint density at radius 1 is 1.25 bits per heavy atom. The van der Waals surface area contributed by atoms with Crippen LogP contribution in [-0.2, 0) is 9.59 Å². The highest BCUT2D eigenvalue weighted by atomic mass is 16.4. The molecule has 0 radical (unpaired) electrons. The average molecular weight is 165 g/mol. The predicted octanol–water partition coefficient (Wildman–Crippen LogP) is 0.197. The molecule has 0 fully saturated rings. The molecular weight excluding hydrogens is 158 g/mol. The van der Waals surface area contributed by atoms with E-state index >= 15 is 0 Å². The van der Waals surface area contributed by atoms with E-state index in [1.807, 2.05) is 0 Å². The number of Topliss-reactive ketones (excluding diaryl/α,β-unsaturated/α-hetero) is 1. The highest BCUT2D eigenvalue weighted by Gasteiger charge is 2.15. The van der Waals surface area contributed by atoms with Gasteiger partial charge in [-0.1, -0.05) is 12.2 Å². The summed E-state index contributed by atoms with van der Waals surface area (Å²) < 4.78 is 0. The summed E-state index contributed by atoms with van der Waals surface area (Å²) in [7, 11) is 0. The molecule has 0 saturated carbocycles. The molecule has 1 heterocycles. The Labute approximate surface area is 68.9 Å². The minimum absolute atomic E-state index is 0.0625. The number of carbonyl (C=O) groups is 2. The van der Waals surface area contributed by atoms with Gasteiger partial charge in [0.25, 0.3) is 5.78 Å². The molecule has 0 aromatic heterocycles. The van der Waals surface area contributed by atoms with Gasteiger partial charge in [-0.25, -0.2) is 4.79 Å². The zero-order chi connectivity index (χ0) is 8.97. The van der Waals surface area contributed by atoms with E-state index in [4.69, 9.17) is 5.11 Å². The third-order valence-corrected chi connectivity index (χ3v) is 1.26. The van der Waals surface area contributed by atoms with Crippen LogP contribution in [0.2, 0.25) is 0 Å². The van der Waals surface area contributed by atoms with Gasteiger partial charge in [-0.2, -0.15) is 0 Å². The van der Waals surface area contributed by atoms with Gasteiger partial charge in [0.05, 0.1) is 5.70 Å². The number of hydrogen-bond donors (Lipinski definition) is 2. The number of nitrogens with one attached hydrogen (secondary N) is 1. The molecule has 0 atom stereocenters. The third-order valence-electron chi connectivity index (χ3n) is 1.26. The Hall–Kier alpha value is -1.84. The molecule has 4 heteroatoms. The molecule has 0 aromatic rings. The summed E-state index contributed by atoms with van der Waals surface area (Å²) in [6.45, 7) is 0. The lowest BCUT2D eigenvalue weighted by Crippen LogP contribution is -2.22. The molecule has 0 unspecified atom stereocenters. The molecule has 62 valence electrons. The highest BCUT2D eigenvalue weighted by Crippen LogP contribution is 1.97. The quantitative estimate of drug-likeness (QED) is 0.573. The molecule has 12 heavy (non-hydrogen) atoms. The molecule has 0 amide bonds. The Morgan fingerprint density at radius 3 is 2.67 bits per heavy atom. The first-order valence-electron chi connectivity index (χ1n) is 3.29. The number of carbonyl (C=O) groups excluding carboxylic acids is 1. The second-order valence-electron chi connectivity index (χ2n) is 2.10. The maximum absolute atomic E-state index is 10.9. The molecule has 0 saturated heterocycles. The smallest absolute Gasteiger partial charge is 0.378 e. The lowest BCUT2D eigenvalue weighted by Gasteiger charge is -1.99. The van der Waals surface area contributed by atoms with E-state index in [9.17, 15) is 9.59 Å². The number of allylic oxidation sites excluding steroid dienone is 4. The second kappa shape index (κ2) is 3.52. The van der Waals surface area contributed by atoms with Crippen LogP contribution >= 0.6 is 0 Å². The van der Waals surface area contributed by atoms with Gasteiger partial charge in [0.1, 0.15) is 0 Å². The Bertz CT molecular complexity index is 299. The van der Waals surface area contributed by atoms with E-state index < -0.39 is 11.8 Å². The summed E-state index contributed by atoms with van der Waals surface area (Å²) in [5.41, 5.74) is 0.0625. The van der Waals surface area contributed by atoms with Crippen LogP contribution in [0.25, 0.3) is 0 Å². The fraction of sp³-hybridized carbons (Fsp3) is 0. The van der Waals surface area contributed by atoms with Crippen LogP contribution in [0.3, 0.4) is 0 Å². The monoisotopic (exact) mass is 165 g/mol. The summed E-state index contributed by atoms with van der Waals surface area (Å²) in [4.78, 5) is 21.1. The summed E-state index contributed by atoms with van der Waals surface area (Å²) in [5, 5.41) is 10.9. The molecule has 0 aliphatic carbocycles. The van der Waals surface area contributed by atoms with Gasteiger partial charge in [0, 0.05) is 6.20 Å². The first-order chi connectivity index (χ1) is 5.72. The fourth-order valence-corrected chi connectivity index (χ4v) is 0.714.